The van der Waals surface area contributed by atoms with Crippen LogP contribution in [-0.2, 0) is 0 Å². The van der Waals surface area contributed by atoms with Crippen LogP contribution in [-0.4, -0.2) is 9.97 Å². The number of hydrogen-bond donors (Lipinski definition) is 1. The molecule has 19 heavy (non-hydrogen) atoms. The molecule has 2 aromatic rings. The van der Waals surface area contributed by atoms with Crippen molar-refractivity contribution < 1.29 is 4.39 Å². The van der Waals surface area contributed by atoms with Gasteiger partial charge in [-0.05, 0) is 36.8 Å². The predicted octanol–water partition coefficient (Wildman–Crippen LogP) is 4.36. The fourth-order valence-corrected chi connectivity index (χ4v) is 1.76. The lowest BCUT2D eigenvalue weighted by atomic mass is 10.1. The lowest BCUT2D eigenvalue weighted by Gasteiger charge is -1.98. The number of rotatable bonds is 4. The first-order valence-corrected chi connectivity index (χ1v) is 6.01. The van der Waals surface area contributed by atoms with Gasteiger partial charge in [0.25, 0.3) is 0 Å². The molecular weight excluding hydrogens is 239 g/mol. The number of imidazole rings is 1. The molecule has 3 heteroatoms. The first kappa shape index (κ1) is 13.0. The van der Waals surface area contributed by atoms with Gasteiger partial charge in [0, 0.05) is 5.56 Å². The molecule has 0 radical (unpaired) electrons. The molecular formula is C16H15FN2. The predicted molar refractivity (Wildman–Crippen MR) is 77.0 cm³/mol. The van der Waals surface area contributed by atoms with E-state index in [-0.39, 0.29) is 5.82 Å². The highest BCUT2D eigenvalue weighted by atomic mass is 19.1. The van der Waals surface area contributed by atoms with Crippen LogP contribution in [0.1, 0.15) is 12.6 Å². The van der Waals surface area contributed by atoms with Crippen LogP contribution < -0.4 is 0 Å². The molecule has 2 rings (SSSR count). The van der Waals surface area contributed by atoms with Crippen molar-refractivity contribution in [1.29, 1.82) is 0 Å². The largest absolute Gasteiger partial charge is 0.338 e. The third-order valence-corrected chi connectivity index (χ3v) is 2.65. The molecule has 0 unspecified atom stereocenters. The van der Waals surface area contributed by atoms with Gasteiger partial charge in [0.1, 0.15) is 11.6 Å². The number of nitrogens with one attached hydrogen (secondary N) is 1. The Bertz CT molecular complexity index is 618. The lowest BCUT2D eigenvalue weighted by molar-refractivity contribution is 0.628. The van der Waals surface area contributed by atoms with Crippen molar-refractivity contribution in [3.05, 3.63) is 72.9 Å². The van der Waals surface area contributed by atoms with Gasteiger partial charge in [0.15, 0.2) is 0 Å². The van der Waals surface area contributed by atoms with E-state index in [0.29, 0.717) is 0 Å². The Morgan fingerprint density at radius 3 is 2.68 bits per heavy atom. The van der Waals surface area contributed by atoms with E-state index in [2.05, 4.69) is 16.5 Å². The number of allylic oxidation sites excluding steroid dienone is 5. The highest BCUT2D eigenvalue weighted by molar-refractivity contribution is 5.74. The number of halogens is 1. The van der Waals surface area contributed by atoms with Gasteiger partial charge in [-0.3, -0.25) is 0 Å². The Labute approximate surface area is 112 Å². The van der Waals surface area contributed by atoms with Crippen molar-refractivity contribution in [2.45, 2.75) is 6.92 Å². The Kier molecular flexibility index (Phi) is 4.08. The van der Waals surface area contributed by atoms with Crippen LogP contribution >= 0.6 is 0 Å². The standard InChI is InChI=1S/C16H15FN2/c1-3-5-12(6-4-2)15-11-18-16(19-15)13-7-9-14(17)10-8-13/h3-11H,1H2,2H3,(H,18,19)/b6-4-,12-5+. The van der Waals surface area contributed by atoms with Crippen molar-refractivity contribution in [3.8, 4) is 11.4 Å². The van der Waals surface area contributed by atoms with Crippen LogP contribution in [0, 0.1) is 5.82 Å². The fraction of sp³-hybridized carbons (Fsp3) is 0.0625. The summed E-state index contributed by atoms with van der Waals surface area (Å²) in [5.74, 6) is 0.464. The summed E-state index contributed by atoms with van der Waals surface area (Å²) in [5, 5.41) is 0. The van der Waals surface area contributed by atoms with Gasteiger partial charge < -0.3 is 4.98 Å². The second-order valence-corrected chi connectivity index (χ2v) is 4.01. The zero-order valence-electron chi connectivity index (χ0n) is 10.7. The van der Waals surface area contributed by atoms with Crippen LogP contribution in [0.2, 0.25) is 0 Å². The molecule has 0 aliphatic carbocycles. The monoisotopic (exact) mass is 254 g/mol. The number of nitrogens with zero attached hydrogens (tertiary/aromatic N) is 1. The first-order chi connectivity index (χ1) is 9.24. The summed E-state index contributed by atoms with van der Waals surface area (Å²) in [7, 11) is 0. The summed E-state index contributed by atoms with van der Waals surface area (Å²) in [5.41, 5.74) is 2.75. The van der Waals surface area contributed by atoms with E-state index in [1.165, 1.54) is 12.1 Å². The van der Waals surface area contributed by atoms with Gasteiger partial charge in [0.2, 0.25) is 0 Å². The molecule has 0 saturated carbocycles. The van der Waals surface area contributed by atoms with Gasteiger partial charge in [-0.15, -0.1) is 0 Å². The van der Waals surface area contributed by atoms with Crippen molar-refractivity contribution in [1.82, 2.24) is 9.97 Å². The van der Waals surface area contributed by atoms with E-state index >= 15 is 0 Å². The highest BCUT2D eigenvalue weighted by Crippen LogP contribution is 2.20. The molecule has 0 atom stereocenters. The van der Waals surface area contributed by atoms with Crippen LogP contribution in [0.3, 0.4) is 0 Å². The summed E-state index contributed by atoms with van der Waals surface area (Å²) in [6.07, 6.45) is 9.32. The maximum Gasteiger partial charge on any atom is 0.137 e. The summed E-state index contributed by atoms with van der Waals surface area (Å²) in [4.78, 5) is 7.53. The fourth-order valence-electron chi connectivity index (χ4n) is 1.76. The first-order valence-electron chi connectivity index (χ1n) is 6.01. The lowest BCUT2D eigenvalue weighted by Crippen LogP contribution is -1.83. The average molecular weight is 254 g/mol. The smallest absolute Gasteiger partial charge is 0.137 e. The summed E-state index contributed by atoms with van der Waals surface area (Å²) >= 11 is 0. The minimum absolute atomic E-state index is 0.253. The molecule has 1 N–H and O–H groups in total. The topological polar surface area (TPSA) is 28.7 Å². The zero-order valence-corrected chi connectivity index (χ0v) is 10.7. The van der Waals surface area contributed by atoms with Crippen molar-refractivity contribution in [2.24, 2.45) is 0 Å². The second kappa shape index (κ2) is 5.96. The van der Waals surface area contributed by atoms with Crippen LogP contribution in [0.25, 0.3) is 17.0 Å². The zero-order chi connectivity index (χ0) is 13.7. The van der Waals surface area contributed by atoms with Crippen LogP contribution in [0.5, 0.6) is 0 Å². The molecule has 0 aliphatic rings. The highest BCUT2D eigenvalue weighted by Gasteiger charge is 2.05. The number of benzene rings is 1. The van der Waals surface area contributed by atoms with Crippen LogP contribution in [0.15, 0.2) is 61.3 Å². The second-order valence-electron chi connectivity index (χ2n) is 4.01. The third kappa shape index (κ3) is 3.07. The number of aromatic nitrogens is 2. The Morgan fingerprint density at radius 1 is 1.32 bits per heavy atom. The normalized spacial score (nSPS) is 12.0. The quantitative estimate of drug-likeness (QED) is 0.807. The Balaban J connectivity index is 2.35. The molecule has 96 valence electrons. The third-order valence-electron chi connectivity index (χ3n) is 2.65. The maximum absolute atomic E-state index is 12.9. The van der Waals surface area contributed by atoms with Crippen molar-refractivity contribution in [3.63, 3.8) is 0 Å². The molecule has 0 fully saturated rings. The van der Waals surface area contributed by atoms with E-state index in [0.717, 1.165) is 22.7 Å². The Hall–Kier alpha value is -2.42. The minimum Gasteiger partial charge on any atom is -0.338 e. The molecule has 1 aromatic carbocycles. The molecule has 0 spiro atoms. The maximum atomic E-state index is 12.9. The number of hydrogen-bond acceptors (Lipinski definition) is 1. The van der Waals surface area contributed by atoms with Gasteiger partial charge in [-0.25, -0.2) is 9.37 Å². The van der Waals surface area contributed by atoms with Gasteiger partial charge in [-0.1, -0.05) is 30.9 Å². The molecule has 2 nitrogen and oxygen atoms in total. The van der Waals surface area contributed by atoms with Crippen molar-refractivity contribution >= 4 is 5.57 Å². The number of aromatic amines is 1. The van der Waals surface area contributed by atoms with Crippen molar-refractivity contribution in [2.75, 3.05) is 0 Å². The molecule has 1 heterocycles. The number of H-pyrrole nitrogens is 1. The summed E-state index contributed by atoms with van der Waals surface area (Å²) < 4.78 is 12.9. The minimum atomic E-state index is -0.253. The Morgan fingerprint density at radius 2 is 2.05 bits per heavy atom. The molecule has 0 aliphatic heterocycles. The van der Waals surface area contributed by atoms with Crippen LogP contribution in [0.4, 0.5) is 4.39 Å². The van der Waals surface area contributed by atoms with E-state index in [4.69, 9.17) is 0 Å². The SMILES string of the molecule is C=C/C=C(\C=C/C)c1cnc(-c2ccc(F)cc2)[nH]1. The van der Waals surface area contributed by atoms with E-state index < -0.39 is 0 Å². The van der Waals surface area contributed by atoms with E-state index in [9.17, 15) is 4.39 Å². The van der Waals surface area contributed by atoms with E-state index in [1.54, 1.807) is 24.4 Å². The molecule has 0 bridgehead atoms. The van der Waals surface area contributed by atoms with Gasteiger partial charge >= 0.3 is 0 Å². The summed E-state index contributed by atoms with van der Waals surface area (Å²) in [6, 6.07) is 6.24. The molecule has 0 amide bonds. The van der Waals surface area contributed by atoms with E-state index in [1.807, 2.05) is 25.2 Å². The average Bonchev–Trinajstić information content (AvgIpc) is 2.89. The molecule has 0 saturated heterocycles. The van der Waals surface area contributed by atoms with Gasteiger partial charge in [0.05, 0.1) is 11.9 Å². The molecule has 1 aromatic heterocycles. The van der Waals surface area contributed by atoms with Gasteiger partial charge in [-0.2, -0.15) is 0 Å². The summed E-state index contributed by atoms with van der Waals surface area (Å²) in [6.45, 7) is 5.65.